The van der Waals surface area contributed by atoms with E-state index in [1.165, 1.54) is 12.5 Å². The first kappa shape index (κ1) is 13.6. The van der Waals surface area contributed by atoms with Crippen LogP contribution < -0.4 is 0 Å². The molecule has 0 aromatic carbocycles. The second kappa shape index (κ2) is 5.77. The standard InChI is InChI=1S/C11H17FN2O3/c1-4-17-11(16)9(12)10(15)8-5-13-6-14(8)7(2)3/h5-7,9-10,15H,4H2,1-3H3. The summed E-state index contributed by atoms with van der Waals surface area (Å²) in [5.74, 6) is -1.06. The van der Waals surface area contributed by atoms with E-state index >= 15 is 0 Å². The third kappa shape index (κ3) is 3.03. The quantitative estimate of drug-likeness (QED) is 0.795. The van der Waals surface area contributed by atoms with Gasteiger partial charge in [-0.05, 0) is 20.8 Å². The van der Waals surface area contributed by atoms with Gasteiger partial charge >= 0.3 is 5.97 Å². The third-order valence-electron chi connectivity index (χ3n) is 2.34. The van der Waals surface area contributed by atoms with Gasteiger partial charge in [0.15, 0.2) is 0 Å². The Morgan fingerprint density at radius 2 is 2.29 bits per heavy atom. The van der Waals surface area contributed by atoms with Gasteiger partial charge in [-0.25, -0.2) is 14.2 Å². The van der Waals surface area contributed by atoms with Gasteiger partial charge in [0.25, 0.3) is 0 Å². The average Bonchev–Trinajstić information content (AvgIpc) is 2.76. The van der Waals surface area contributed by atoms with E-state index in [4.69, 9.17) is 0 Å². The van der Waals surface area contributed by atoms with Gasteiger partial charge in [0.05, 0.1) is 24.8 Å². The number of carbonyl (C=O) groups excluding carboxylic acids is 1. The number of nitrogens with zero attached hydrogens (tertiary/aromatic N) is 2. The van der Waals surface area contributed by atoms with E-state index in [1.54, 1.807) is 11.5 Å². The zero-order valence-electron chi connectivity index (χ0n) is 10.1. The lowest BCUT2D eigenvalue weighted by Crippen LogP contribution is -2.27. The number of alkyl halides is 1. The van der Waals surface area contributed by atoms with Crippen molar-refractivity contribution in [1.82, 2.24) is 9.55 Å². The van der Waals surface area contributed by atoms with Crippen LogP contribution in [0.5, 0.6) is 0 Å². The van der Waals surface area contributed by atoms with Crippen molar-refractivity contribution in [1.29, 1.82) is 0 Å². The monoisotopic (exact) mass is 244 g/mol. The van der Waals surface area contributed by atoms with E-state index in [0.29, 0.717) is 0 Å². The number of aliphatic hydroxyl groups excluding tert-OH is 1. The molecule has 0 fully saturated rings. The number of hydrogen-bond acceptors (Lipinski definition) is 4. The molecule has 1 aromatic heterocycles. The number of hydrogen-bond donors (Lipinski definition) is 1. The predicted octanol–water partition coefficient (Wildman–Crippen LogP) is 1.40. The molecule has 0 radical (unpaired) electrons. The van der Waals surface area contributed by atoms with Crippen molar-refractivity contribution in [3.05, 3.63) is 18.2 Å². The van der Waals surface area contributed by atoms with Gasteiger partial charge in [-0.15, -0.1) is 0 Å². The summed E-state index contributed by atoms with van der Waals surface area (Å²) < 4.78 is 19.7. The SMILES string of the molecule is CCOC(=O)C(F)C(O)c1cncn1C(C)C. The Bertz CT molecular complexity index is 379. The fraction of sp³-hybridized carbons (Fsp3) is 0.636. The van der Waals surface area contributed by atoms with E-state index in [1.807, 2.05) is 13.8 Å². The van der Waals surface area contributed by atoms with Crippen LogP contribution in [-0.2, 0) is 9.53 Å². The largest absolute Gasteiger partial charge is 0.464 e. The van der Waals surface area contributed by atoms with Crippen LogP contribution >= 0.6 is 0 Å². The van der Waals surface area contributed by atoms with Crippen molar-refractivity contribution in [2.75, 3.05) is 6.61 Å². The Labute approximate surface area is 99.2 Å². The van der Waals surface area contributed by atoms with Crippen molar-refractivity contribution in [2.24, 2.45) is 0 Å². The molecule has 0 saturated carbocycles. The fourth-order valence-corrected chi connectivity index (χ4v) is 1.48. The van der Waals surface area contributed by atoms with E-state index in [9.17, 15) is 14.3 Å². The minimum Gasteiger partial charge on any atom is -0.464 e. The van der Waals surface area contributed by atoms with Gasteiger partial charge in [-0.1, -0.05) is 0 Å². The van der Waals surface area contributed by atoms with Crippen LogP contribution in [-0.4, -0.2) is 33.4 Å². The molecular formula is C11H17FN2O3. The second-order valence-corrected chi connectivity index (χ2v) is 3.92. The molecule has 1 aromatic rings. The fourth-order valence-electron chi connectivity index (χ4n) is 1.48. The number of aliphatic hydroxyl groups is 1. The highest BCUT2D eigenvalue weighted by atomic mass is 19.1. The van der Waals surface area contributed by atoms with Crippen LogP contribution in [0.25, 0.3) is 0 Å². The molecule has 5 nitrogen and oxygen atoms in total. The minimum atomic E-state index is -2.09. The van der Waals surface area contributed by atoms with Gasteiger partial charge in [0.1, 0.15) is 6.10 Å². The zero-order valence-corrected chi connectivity index (χ0v) is 10.1. The summed E-state index contributed by atoms with van der Waals surface area (Å²) in [5.41, 5.74) is 0.264. The molecule has 1 heterocycles. The zero-order chi connectivity index (χ0) is 13.0. The van der Waals surface area contributed by atoms with Crippen molar-refractivity contribution in [3.63, 3.8) is 0 Å². The summed E-state index contributed by atoms with van der Waals surface area (Å²) >= 11 is 0. The van der Waals surface area contributed by atoms with Gasteiger partial charge in [-0.3, -0.25) is 0 Å². The molecule has 0 aliphatic carbocycles. The number of aromatic nitrogens is 2. The molecule has 0 bridgehead atoms. The Balaban J connectivity index is 2.84. The molecule has 2 atom stereocenters. The maximum atomic E-state index is 13.6. The smallest absolute Gasteiger partial charge is 0.343 e. The second-order valence-electron chi connectivity index (χ2n) is 3.92. The Morgan fingerprint density at radius 3 is 2.82 bits per heavy atom. The number of carbonyl (C=O) groups is 1. The van der Waals surface area contributed by atoms with E-state index in [-0.39, 0.29) is 18.3 Å². The Kier molecular flexibility index (Phi) is 4.62. The minimum absolute atomic E-state index is 0.0246. The summed E-state index contributed by atoms with van der Waals surface area (Å²) in [4.78, 5) is 15.0. The highest BCUT2D eigenvalue weighted by molar-refractivity contribution is 5.75. The predicted molar refractivity (Wildman–Crippen MR) is 59.1 cm³/mol. The Morgan fingerprint density at radius 1 is 1.65 bits per heavy atom. The summed E-state index contributed by atoms with van der Waals surface area (Å²) in [6, 6.07) is 0.0246. The van der Waals surface area contributed by atoms with E-state index < -0.39 is 18.2 Å². The maximum Gasteiger partial charge on any atom is 0.343 e. The van der Waals surface area contributed by atoms with Crippen LogP contribution in [0.1, 0.15) is 38.6 Å². The molecule has 0 aliphatic heterocycles. The van der Waals surface area contributed by atoms with Crippen LogP contribution in [0, 0.1) is 0 Å². The molecule has 96 valence electrons. The normalized spacial score (nSPS) is 14.7. The number of imidazole rings is 1. The Hall–Kier alpha value is -1.43. The number of halogens is 1. The lowest BCUT2D eigenvalue weighted by molar-refractivity contribution is -0.153. The first-order valence-corrected chi connectivity index (χ1v) is 5.49. The molecule has 6 heteroatoms. The van der Waals surface area contributed by atoms with Gasteiger partial charge < -0.3 is 14.4 Å². The third-order valence-corrected chi connectivity index (χ3v) is 2.34. The van der Waals surface area contributed by atoms with Gasteiger partial charge in [-0.2, -0.15) is 0 Å². The van der Waals surface area contributed by atoms with E-state index in [2.05, 4.69) is 9.72 Å². The highest BCUT2D eigenvalue weighted by Crippen LogP contribution is 2.22. The first-order valence-electron chi connectivity index (χ1n) is 5.49. The van der Waals surface area contributed by atoms with Gasteiger partial charge in [0.2, 0.25) is 6.17 Å². The van der Waals surface area contributed by atoms with Gasteiger partial charge in [0, 0.05) is 6.04 Å². The van der Waals surface area contributed by atoms with Crippen molar-refractivity contribution >= 4 is 5.97 Å². The maximum absolute atomic E-state index is 13.6. The molecule has 1 N–H and O–H groups in total. The molecule has 1 rings (SSSR count). The summed E-state index contributed by atoms with van der Waals surface area (Å²) in [5, 5.41) is 9.77. The van der Waals surface area contributed by atoms with Crippen LogP contribution in [0.2, 0.25) is 0 Å². The summed E-state index contributed by atoms with van der Waals surface area (Å²) in [6.07, 6.45) is -0.819. The van der Waals surface area contributed by atoms with Crippen molar-refractivity contribution < 1.29 is 19.0 Å². The lowest BCUT2D eigenvalue weighted by atomic mass is 10.1. The molecule has 0 spiro atoms. The molecule has 2 unspecified atom stereocenters. The molecular weight excluding hydrogens is 227 g/mol. The topological polar surface area (TPSA) is 64.3 Å². The van der Waals surface area contributed by atoms with Crippen LogP contribution in [0.3, 0.4) is 0 Å². The molecule has 0 aliphatic rings. The molecule has 0 saturated heterocycles. The first-order chi connectivity index (χ1) is 7.99. The van der Waals surface area contributed by atoms with Crippen molar-refractivity contribution in [2.45, 2.75) is 39.1 Å². The van der Waals surface area contributed by atoms with Crippen LogP contribution in [0.15, 0.2) is 12.5 Å². The number of ether oxygens (including phenoxy) is 1. The highest BCUT2D eigenvalue weighted by Gasteiger charge is 2.31. The number of esters is 1. The summed E-state index contributed by atoms with van der Waals surface area (Å²) in [6.45, 7) is 5.40. The average molecular weight is 244 g/mol. The van der Waals surface area contributed by atoms with E-state index in [0.717, 1.165) is 0 Å². The summed E-state index contributed by atoms with van der Waals surface area (Å²) in [7, 11) is 0. The van der Waals surface area contributed by atoms with Crippen LogP contribution in [0.4, 0.5) is 4.39 Å². The van der Waals surface area contributed by atoms with Crippen molar-refractivity contribution in [3.8, 4) is 0 Å². The molecule has 17 heavy (non-hydrogen) atoms. The number of rotatable bonds is 5. The lowest BCUT2D eigenvalue weighted by Gasteiger charge is -2.18. The molecule has 0 amide bonds.